The molecule has 2 aromatic heterocycles. The molecule has 0 fully saturated rings. The van der Waals surface area contributed by atoms with E-state index in [0.717, 1.165) is 21.2 Å². The molecule has 5 rings (SSSR count). The molecule has 0 unspecified atom stereocenters. The Labute approximate surface area is 190 Å². The molecule has 0 aliphatic heterocycles. The maximum absolute atomic E-state index is 13.3. The van der Waals surface area contributed by atoms with Crippen LogP contribution in [0.3, 0.4) is 0 Å². The number of amides is 1. The van der Waals surface area contributed by atoms with Crippen molar-refractivity contribution < 1.29 is 18.0 Å². The van der Waals surface area contributed by atoms with Gasteiger partial charge in [0.1, 0.15) is 6.54 Å². The Kier molecular flexibility index (Phi) is 5.12. The largest absolute Gasteiger partial charge is 0.418 e. The van der Waals surface area contributed by atoms with Gasteiger partial charge >= 0.3 is 11.9 Å². The summed E-state index contributed by atoms with van der Waals surface area (Å²) in [5.41, 5.74) is -0.555. The van der Waals surface area contributed by atoms with Gasteiger partial charge in [0.05, 0.1) is 16.8 Å². The molecule has 7 nitrogen and oxygen atoms in total. The molecule has 1 amide bonds. The number of para-hydroxylation sites is 2. The minimum absolute atomic E-state index is 0.318. The summed E-state index contributed by atoms with van der Waals surface area (Å²) in [6, 6.07) is 20.6. The van der Waals surface area contributed by atoms with Crippen LogP contribution in [0.1, 0.15) is 5.56 Å². The van der Waals surface area contributed by atoms with E-state index in [2.05, 4.69) is 15.4 Å². The molecule has 170 valence electrons. The molecule has 10 heteroatoms. The molecular weight excluding hydrogens is 447 g/mol. The number of halogens is 3. The summed E-state index contributed by atoms with van der Waals surface area (Å²) < 4.78 is 42.1. The van der Waals surface area contributed by atoms with Crippen molar-refractivity contribution in [1.29, 1.82) is 0 Å². The fourth-order valence-electron chi connectivity index (χ4n) is 3.77. The first-order chi connectivity index (χ1) is 16.3. The van der Waals surface area contributed by atoms with Crippen molar-refractivity contribution in [1.82, 2.24) is 19.2 Å². The number of hydrogen-bond donors (Lipinski definition) is 1. The van der Waals surface area contributed by atoms with Crippen LogP contribution in [0.4, 0.5) is 18.9 Å². The van der Waals surface area contributed by atoms with Crippen LogP contribution in [0.25, 0.3) is 27.9 Å². The maximum Gasteiger partial charge on any atom is 0.418 e. The van der Waals surface area contributed by atoms with Crippen LogP contribution in [-0.4, -0.2) is 25.1 Å². The number of anilines is 1. The van der Waals surface area contributed by atoms with Gasteiger partial charge in [-0.05, 0) is 24.3 Å². The number of carbonyl (C=O) groups excluding carboxylic acids is 1. The smallest absolute Gasteiger partial charge is 0.324 e. The van der Waals surface area contributed by atoms with Gasteiger partial charge in [-0.25, -0.2) is 9.78 Å². The van der Waals surface area contributed by atoms with E-state index in [0.29, 0.717) is 27.9 Å². The lowest BCUT2D eigenvalue weighted by molar-refractivity contribution is -0.137. The van der Waals surface area contributed by atoms with Gasteiger partial charge in [-0.3, -0.25) is 9.36 Å². The lowest BCUT2D eigenvalue weighted by Crippen LogP contribution is -2.32. The second kappa shape index (κ2) is 8.14. The van der Waals surface area contributed by atoms with Crippen molar-refractivity contribution in [3.05, 3.63) is 94.9 Å². The summed E-state index contributed by atoms with van der Waals surface area (Å²) in [6.07, 6.45) is -4.64. The van der Waals surface area contributed by atoms with Crippen molar-refractivity contribution in [2.24, 2.45) is 0 Å². The third kappa shape index (κ3) is 3.79. The molecule has 0 aliphatic rings. The zero-order valence-corrected chi connectivity index (χ0v) is 17.5. The quantitative estimate of drug-likeness (QED) is 0.429. The van der Waals surface area contributed by atoms with Crippen LogP contribution in [0.2, 0.25) is 0 Å². The number of nitrogens with one attached hydrogen (secondary N) is 1. The van der Waals surface area contributed by atoms with Gasteiger partial charge in [0.15, 0.2) is 11.5 Å². The maximum atomic E-state index is 13.3. The molecule has 0 aliphatic carbocycles. The van der Waals surface area contributed by atoms with E-state index in [9.17, 15) is 22.8 Å². The number of rotatable bonds is 4. The predicted octanol–water partition coefficient (Wildman–Crippen LogP) is 4.37. The number of hydrogen-bond acceptors (Lipinski definition) is 4. The third-order valence-corrected chi connectivity index (χ3v) is 5.30. The first-order valence-corrected chi connectivity index (χ1v) is 10.2. The van der Waals surface area contributed by atoms with E-state index in [4.69, 9.17) is 0 Å². The zero-order chi connectivity index (χ0) is 23.9. The SMILES string of the molecule is O=C(Cn1c(=O)n2nc(-c3ccccc3)nc2c2ccccc21)Nc1ccccc1C(F)(F)F. The zero-order valence-electron chi connectivity index (χ0n) is 17.5. The van der Waals surface area contributed by atoms with Crippen LogP contribution in [0, 0.1) is 0 Å². The van der Waals surface area contributed by atoms with Crippen LogP contribution < -0.4 is 11.0 Å². The lowest BCUT2D eigenvalue weighted by Gasteiger charge is -2.15. The number of nitrogens with zero attached hydrogens (tertiary/aromatic N) is 4. The van der Waals surface area contributed by atoms with Crippen LogP contribution in [0.15, 0.2) is 83.7 Å². The van der Waals surface area contributed by atoms with Crippen molar-refractivity contribution in [2.75, 3.05) is 5.32 Å². The molecule has 0 saturated carbocycles. The van der Waals surface area contributed by atoms with E-state index < -0.39 is 29.9 Å². The van der Waals surface area contributed by atoms with Crippen molar-refractivity contribution in [2.45, 2.75) is 12.7 Å². The first-order valence-electron chi connectivity index (χ1n) is 10.2. The van der Waals surface area contributed by atoms with Gasteiger partial charge in [0, 0.05) is 10.9 Å². The number of benzene rings is 3. The van der Waals surface area contributed by atoms with E-state index in [1.54, 1.807) is 36.4 Å². The Morgan fingerprint density at radius 2 is 1.59 bits per heavy atom. The van der Waals surface area contributed by atoms with E-state index in [-0.39, 0.29) is 5.69 Å². The molecule has 0 saturated heterocycles. The summed E-state index contributed by atoms with van der Waals surface area (Å²) in [5.74, 6) is -0.448. The third-order valence-electron chi connectivity index (χ3n) is 5.30. The van der Waals surface area contributed by atoms with Gasteiger partial charge in [-0.1, -0.05) is 54.6 Å². The topological polar surface area (TPSA) is 81.3 Å². The summed E-state index contributed by atoms with van der Waals surface area (Å²) in [5, 5.41) is 7.17. The molecule has 2 heterocycles. The summed E-state index contributed by atoms with van der Waals surface area (Å²) >= 11 is 0. The van der Waals surface area contributed by atoms with Crippen molar-refractivity contribution in [3.63, 3.8) is 0 Å². The predicted molar refractivity (Wildman–Crippen MR) is 120 cm³/mol. The van der Waals surface area contributed by atoms with Gasteiger partial charge in [-0.15, -0.1) is 5.10 Å². The van der Waals surface area contributed by atoms with Gasteiger partial charge < -0.3 is 5.32 Å². The monoisotopic (exact) mass is 463 g/mol. The highest BCUT2D eigenvalue weighted by molar-refractivity contribution is 5.95. The van der Waals surface area contributed by atoms with E-state index in [1.807, 2.05) is 18.2 Å². The molecule has 0 atom stereocenters. The molecule has 34 heavy (non-hydrogen) atoms. The fraction of sp³-hybridized carbons (Fsp3) is 0.0833. The molecule has 5 aromatic rings. The van der Waals surface area contributed by atoms with E-state index in [1.165, 1.54) is 12.1 Å². The molecule has 0 bridgehead atoms. The Bertz CT molecular complexity index is 1590. The minimum atomic E-state index is -4.64. The Balaban J connectivity index is 1.58. The number of carbonyl (C=O) groups is 1. The highest BCUT2D eigenvalue weighted by atomic mass is 19.4. The average molecular weight is 463 g/mol. The molecule has 0 spiro atoms. The fourth-order valence-corrected chi connectivity index (χ4v) is 3.77. The first kappa shape index (κ1) is 21.4. The number of alkyl halides is 3. The molecular formula is C24H16F3N5O2. The van der Waals surface area contributed by atoms with Crippen LogP contribution in [-0.2, 0) is 17.5 Å². The summed E-state index contributed by atoms with van der Waals surface area (Å²) in [7, 11) is 0. The highest BCUT2D eigenvalue weighted by Gasteiger charge is 2.33. The van der Waals surface area contributed by atoms with Crippen molar-refractivity contribution in [3.8, 4) is 11.4 Å². The van der Waals surface area contributed by atoms with Crippen molar-refractivity contribution >= 4 is 28.1 Å². The second-order valence-electron chi connectivity index (χ2n) is 7.51. The summed E-state index contributed by atoms with van der Waals surface area (Å²) in [6.45, 7) is -0.512. The highest BCUT2D eigenvalue weighted by Crippen LogP contribution is 2.34. The Morgan fingerprint density at radius 1 is 0.912 bits per heavy atom. The average Bonchev–Trinajstić information content (AvgIpc) is 3.28. The standard InChI is InChI=1S/C24H16F3N5O2/c25-24(26,27)17-11-5-6-12-18(17)28-20(33)14-31-19-13-7-4-10-16(19)22-29-21(30-32(22)23(31)34)15-8-2-1-3-9-15/h1-13H,14H2,(H,28,33). The summed E-state index contributed by atoms with van der Waals surface area (Å²) in [4.78, 5) is 30.5. The Hall–Kier alpha value is -4.47. The Morgan fingerprint density at radius 3 is 2.35 bits per heavy atom. The number of fused-ring (bicyclic) bond motifs is 3. The number of aromatic nitrogens is 4. The lowest BCUT2D eigenvalue weighted by atomic mass is 10.1. The van der Waals surface area contributed by atoms with Gasteiger partial charge in [0.25, 0.3) is 0 Å². The minimum Gasteiger partial charge on any atom is -0.324 e. The van der Waals surface area contributed by atoms with Gasteiger partial charge in [-0.2, -0.15) is 17.7 Å². The van der Waals surface area contributed by atoms with Crippen LogP contribution >= 0.6 is 0 Å². The van der Waals surface area contributed by atoms with E-state index >= 15 is 0 Å². The van der Waals surface area contributed by atoms with Gasteiger partial charge in [0.2, 0.25) is 5.91 Å². The van der Waals surface area contributed by atoms with Crippen LogP contribution in [0.5, 0.6) is 0 Å². The molecule has 1 N–H and O–H groups in total. The second-order valence-corrected chi connectivity index (χ2v) is 7.51. The molecule has 0 radical (unpaired) electrons. The molecule has 3 aromatic carbocycles. The normalized spacial score (nSPS) is 11.7.